The lowest BCUT2D eigenvalue weighted by molar-refractivity contribution is -0.162. The first-order valence-corrected chi connectivity index (χ1v) is 6.02. The minimum Gasteiger partial charge on any atom is -0.454 e. The van der Waals surface area contributed by atoms with Gasteiger partial charge in [-0.25, -0.2) is 4.79 Å². The number of hydrogen-bond acceptors (Lipinski definition) is 5. The van der Waals surface area contributed by atoms with E-state index in [2.05, 4.69) is 0 Å². The first kappa shape index (κ1) is 15.6. The van der Waals surface area contributed by atoms with Crippen LogP contribution in [0.25, 0.3) is 0 Å². The number of Topliss-reactive ketones (excluding diaryl/α,β-unsaturated/α-hetero) is 2. The number of esters is 1. The quantitative estimate of drug-likeness (QED) is 0.363. The number of carbonyl (C=O) groups excluding carboxylic acids is 3. The number of hydrogen-bond donors (Lipinski definition) is 0. The van der Waals surface area contributed by atoms with Gasteiger partial charge >= 0.3 is 5.97 Å². The Bertz CT molecular complexity index is 573. The van der Waals surface area contributed by atoms with Gasteiger partial charge in [0.25, 0.3) is 0 Å². The third-order valence-corrected chi connectivity index (χ3v) is 2.28. The van der Waals surface area contributed by atoms with Crippen LogP contribution in [0.15, 0.2) is 24.3 Å². The molecular formula is C15H15NO4. The molecule has 0 aliphatic heterocycles. The maximum atomic E-state index is 11.8. The molecule has 0 fully saturated rings. The summed E-state index contributed by atoms with van der Waals surface area (Å²) in [6, 6.07) is 7.78. The molecule has 0 N–H and O–H groups in total. The number of nitriles is 1. The summed E-state index contributed by atoms with van der Waals surface area (Å²) in [4.78, 5) is 34.9. The molecule has 0 atom stereocenters. The molecular weight excluding hydrogens is 258 g/mol. The number of carbonyl (C=O) groups is 3. The average Bonchev–Trinajstić information content (AvgIpc) is 2.36. The molecule has 0 aliphatic carbocycles. The Balaban J connectivity index is 2.68. The van der Waals surface area contributed by atoms with E-state index in [1.54, 1.807) is 20.8 Å². The van der Waals surface area contributed by atoms with Gasteiger partial charge in [0, 0.05) is 5.56 Å². The minimum absolute atomic E-state index is 0.279. The van der Waals surface area contributed by atoms with E-state index in [4.69, 9.17) is 10.00 Å². The molecule has 1 aromatic rings. The number of benzene rings is 1. The zero-order chi connectivity index (χ0) is 15.3. The Hall–Kier alpha value is -2.48. The summed E-state index contributed by atoms with van der Waals surface area (Å²) in [7, 11) is 0. The van der Waals surface area contributed by atoms with Gasteiger partial charge in [-0.2, -0.15) is 5.26 Å². The molecule has 0 spiro atoms. The number of ketones is 2. The van der Waals surface area contributed by atoms with Crippen LogP contribution in [-0.2, 0) is 14.3 Å². The molecule has 20 heavy (non-hydrogen) atoms. The Morgan fingerprint density at radius 2 is 1.70 bits per heavy atom. The largest absolute Gasteiger partial charge is 0.454 e. The lowest BCUT2D eigenvalue weighted by Crippen LogP contribution is -2.30. The summed E-state index contributed by atoms with van der Waals surface area (Å²) >= 11 is 0. The molecule has 0 saturated carbocycles. The van der Waals surface area contributed by atoms with Crippen molar-refractivity contribution >= 4 is 17.5 Å². The lowest BCUT2D eigenvalue weighted by atomic mass is 10.0. The van der Waals surface area contributed by atoms with E-state index in [1.807, 2.05) is 6.07 Å². The molecule has 0 heterocycles. The highest BCUT2D eigenvalue weighted by atomic mass is 16.6. The number of ether oxygens (including phenoxy) is 1. The number of rotatable bonds is 4. The van der Waals surface area contributed by atoms with E-state index < -0.39 is 29.6 Å². The van der Waals surface area contributed by atoms with Crippen molar-refractivity contribution in [1.82, 2.24) is 0 Å². The minimum atomic E-state index is -1.01. The summed E-state index contributed by atoms with van der Waals surface area (Å²) in [5, 5.41) is 8.64. The van der Waals surface area contributed by atoms with Gasteiger partial charge < -0.3 is 4.74 Å². The van der Waals surface area contributed by atoms with E-state index >= 15 is 0 Å². The van der Waals surface area contributed by atoms with Gasteiger partial charge in [-0.15, -0.1) is 0 Å². The molecule has 0 amide bonds. The first-order chi connectivity index (χ1) is 9.23. The number of nitrogens with zero attached hydrogens (tertiary/aromatic N) is 1. The molecule has 0 bridgehead atoms. The summed E-state index contributed by atoms with van der Waals surface area (Å²) in [6.07, 6.45) is -0.541. The smallest absolute Gasteiger partial charge is 0.375 e. The van der Waals surface area contributed by atoms with Crippen LogP contribution in [0.2, 0.25) is 0 Å². The van der Waals surface area contributed by atoms with Crippen LogP contribution in [0.1, 0.15) is 43.1 Å². The molecule has 0 radical (unpaired) electrons. The van der Waals surface area contributed by atoms with Crippen molar-refractivity contribution in [3.05, 3.63) is 35.4 Å². The lowest BCUT2D eigenvalue weighted by Gasteiger charge is -2.18. The van der Waals surface area contributed by atoms with Gasteiger partial charge in [-0.05, 0) is 32.9 Å². The van der Waals surface area contributed by atoms with Crippen LogP contribution in [-0.4, -0.2) is 23.1 Å². The third kappa shape index (κ3) is 4.65. The van der Waals surface area contributed by atoms with Crippen molar-refractivity contribution in [3.8, 4) is 6.07 Å². The second kappa shape index (κ2) is 6.11. The van der Waals surface area contributed by atoms with E-state index in [9.17, 15) is 14.4 Å². The molecule has 1 aromatic carbocycles. The van der Waals surface area contributed by atoms with Gasteiger partial charge in [-0.3, -0.25) is 9.59 Å². The fourth-order valence-corrected chi connectivity index (χ4v) is 1.39. The predicted molar refractivity (Wildman–Crippen MR) is 71.0 cm³/mol. The van der Waals surface area contributed by atoms with E-state index in [1.165, 1.54) is 24.3 Å². The summed E-state index contributed by atoms with van der Waals surface area (Å²) in [5.74, 6) is -2.38. The molecule has 104 valence electrons. The Morgan fingerprint density at radius 3 is 2.15 bits per heavy atom. The highest BCUT2D eigenvalue weighted by Gasteiger charge is 2.25. The van der Waals surface area contributed by atoms with Crippen molar-refractivity contribution < 1.29 is 19.1 Å². The van der Waals surface area contributed by atoms with E-state index in [0.29, 0.717) is 5.56 Å². The van der Waals surface area contributed by atoms with Gasteiger partial charge in [0.2, 0.25) is 5.78 Å². The summed E-state index contributed by atoms with van der Waals surface area (Å²) in [5.41, 5.74) is -0.0783. The normalized spacial score (nSPS) is 10.5. The predicted octanol–water partition coefficient (Wildman–Crippen LogP) is 2.04. The highest BCUT2D eigenvalue weighted by Crippen LogP contribution is 2.10. The van der Waals surface area contributed by atoms with Crippen LogP contribution in [0.5, 0.6) is 0 Å². The fourth-order valence-electron chi connectivity index (χ4n) is 1.39. The van der Waals surface area contributed by atoms with Crippen molar-refractivity contribution in [2.75, 3.05) is 0 Å². The maximum Gasteiger partial charge on any atom is 0.375 e. The van der Waals surface area contributed by atoms with Crippen LogP contribution in [0.3, 0.4) is 0 Å². The van der Waals surface area contributed by atoms with Gasteiger partial charge in [0.1, 0.15) is 5.60 Å². The third-order valence-electron chi connectivity index (χ3n) is 2.28. The second-order valence-corrected chi connectivity index (χ2v) is 5.21. The summed E-state index contributed by atoms with van der Waals surface area (Å²) in [6.45, 7) is 4.92. The van der Waals surface area contributed by atoms with Gasteiger partial charge in [-0.1, -0.05) is 12.1 Å². The average molecular weight is 273 g/mol. The zero-order valence-corrected chi connectivity index (χ0v) is 11.6. The molecule has 5 heteroatoms. The Morgan fingerprint density at radius 1 is 1.15 bits per heavy atom. The second-order valence-electron chi connectivity index (χ2n) is 5.21. The first-order valence-electron chi connectivity index (χ1n) is 6.02. The highest BCUT2D eigenvalue weighted by molar-refractivity contribution is 6.38. The monoisotopic (exact) mass is 273 g/mol. The summed E-state index contributed by atoms with van der Waals surface area (Å²) < 4.78 is 4.89. The van der Waals surface area contributed by atoms with Crippen LogP contribution in [0, 0.1) is 11.3 Å². The van der Waals surface area contributed by atoms with Gasteiger partial charge in [0.15, 0.2) is 5.78 Å². The zero-order valence-electron chi connectivity index (χ0n) is 11.6. The standard InChI is InChI=1S/C15H15NO4/c1-15(2,3)20-14(19)13(18)8-12(17)11-6-4-10(9-16)5-7-11/h4-7H,8H2,1-3H3. The fraction of sp³-hybridized carbons (Fsp3) is 0.333. The van der Waals surface area contributed by atoms with Crippen molar-refractivity contribution in [3.63, 3.8) is 0 Å². The molecule has 0 unspecified atom stereocenters. The van der Waals surface area contributed by atoms with Gasteiger partial charge in [0.05, 0.1) is 18.1 Å². The topological polar surface area (TPSA) is 84.2 Å². The molecule has 0 aliphatic rings. The Labute approximate surface area is 117 Å². The molecule has 0 saturated heterocycles. The van der Waals surface area contributed by atoms with Crippen molar-refractivity contribution in [2.24, 2.45) is 0 Å². The SMILES string of the molecule is CC(C)(C)OC(=O)C(=O)CC(=O)c1ccc(C#N)cc1. The van der Waals surface area contributed by atoms with E-state index in [0.717, 1.165) is 0 Å². The Kier molecular flexibility index (Phi) is 4.76. The van der Waals surface area contributed by atoms with Crippen LogP contribution < -0.4 is 0 Å². The van der Waals surface area contributed by atoms with Crippen LogP contribution >= 0.6 is 0 Å². The molecule has 5 nitrogen and oxygen atoms in total. The van der Waals surface area contributed by atoms with Crippen molar-refractivity contribution in [2.45, 2.75) is 32.8 Å². The van der Waals surface area contributed by atoms with Crippen LogP contribution in [0.4, 0.5) is 0 Å². The molecule has 1 rings (SSSR count). The maximum absolute atomic E-state index is 11.8. The molecule has 0 aromatic heterocycles. The van der Waals surface area contributed by atoms with E-state index in [-0.39, 0.29) is 5.56 Å². The van der Waals surface area contributed by atoms with Crippen molar-refractivity contribution in [1.29, 1.82) is 5.26 Å².